The zero-order valence-electron chi connectivity index (χ0n) is 25.8. The first kappa shape index (κ1) is 31.8. The van der Waals surface area contributed by atoms with Crippen LogP contribution in [-0.2, 0) is 20.7 Å². The standard InChI is InChI=1S/C34H36N2O8S/c1-6-8-9-15-42-25-13-10-21(18-26(25)41-5)28-27(29(37)22-11-12-24-23(17-22)16-19(3)44-24)30(38)32(39)36(28)34-35-20(4)31(45-34)33(40)43-14-7-2/h7,10-13,17-19,28,37H,2,6,8-9,14-16H2,1,3-5H3. The van der Waals surface area contributed by atoms with Gasteiger partial charge in [0.05, 0.1) is 31.0 Å². The normalized spacial score (nSPS) is 18.4. The molecule has 0 aliphatic carbocycles. The summed E-state index contributed by atoms with van der Waals surface area (Å²) in [7, 11) is 1.51. The Balaban J connectivity index is 1.63. The Morgan fingerprint density at radius 3 is 2.73 bits per heavy atom. The van der Waals surface area contributed by atoms with E-state index in [0.29, 0.717) is 47.1 Å². The number of aliphatic hydroxyl groups excluding tert-OH is 1. The summed E-state index contributed by atoms with van der Waals surface area (Å²) in [5, 5.41) is 11.8. The maximum absolute atomic E-state index is 13.7. The van der Waals surface area contributed by atoms with Crippen LogP contribution in [-0.4, -0.2) is 54.2 Å². The number of methoxy groups -OCH3 is 1. The Hall–Kier alpha value is -4.64. The van der Waals surface area contributed by atoms with Crippen LogP contribution in [0.15, 0.2) is 54.6 Å². The first-order chi connectivity index (χ1) is 21.7. The molecule has 3 aromatic rings. The third-order valence-corrected chi connectivity index (χ3v) is 8.77. The van der Waals surface area contributed by atoms with Crippen LogP contribution in [0.4, 0.5) is 5.13 Å². The molecule has 0 saturated carbocycles. The lowest BCUT2D eigenvalue weighted by Gasteiger charge is -2.24. The first-order valence-corrected chi connectivity index (χ1v) is 15.7. The molecule has 2 unspecified atom stereocenters. The van der Waals surface area contributed by atoms with Crippen molar-refractivity contribution in [2.75, 3.05) is 25.2 Å². The van der Waals surface area contributed by atoms with Crippen LogP contribution in [0.25, 0.3) is 5.76 Å². The van der Waals surface area contributed by atoms with E-state index in [0.717, 1.165) is 36.2 Å². The third kappa shape index (κ3) is 6.30. The number of carbonyl (C=O) groups is 3. The van der Waals surface area contributed by atoms with Crippen molar-refractivity contribution in [1.82, 2.24) is 4.98 Å². The monoisotopic (exact) mass is 632 g/mol. The average Bonchev–Trinajstić information content (AvgIpc) is 3.69. The van der Waals surface area contributed by atoms with E-state index >= 15 is 0 Å². The molecule has 2 aliphatic heterocycles. The summed E-state index contributed by atoms with van der Waals surface area (Å²) >= 11 is 0.931. The summed E-state index contributed by atoms with van der Waals surface area (Å²) in [6, 6.07) is 9.23. The third-order valence-electron chi connectivity index (χ3n) is 7.63. The van der Waals surface area contributed by atoms with Crippen LogP contribution in [0.2, 0.25) is 0 Å². The molecule has 3 heterocycles. The first-order valence-electron chi connectivity index (χ1n) is 14.9. The number of rotatable bonds is 12. The molecule has 0 spiro atoms. The number of esters is 1. The lowest BCUT2D eigenvalue weighted by molar-refractivity contribution is -0.132. The molecule has 10 nitrogen and oxygen atoms in total. The van der Waals surface area contributed by atoms with Gasteiger partial charge < -0.3 is 24.1 Å². The number of nitrogens with zero attached hydrogens (tertiary/aromatic N) is 2. The van der Waals surface area contributed by atoms with Crippen molar-refractivity contribution in [1.29, 1.82) is 0 Å². The highest BCUT2D eigenvalue weighted by molar-refractivity contribution is 7.17. The number of amides is 1. The fraction of sp³-hybridized carbons (Fsp3) is 0.353. The number of aromatic nitrogens is 1. The zero-order valence-corrected chi connectivity index (χ0v) is 26.6. The largest absolute Gasteiger partial charge is 0.507 e. The van der Waals surface area contributed by atoms with Crippen molar-refractivity contribution < 1.29 is 38.4 Å². The number of Topliss-reactive ketones (excluding diaryl/α,β-unsaturated/α-hetero) is 1. The van der Waals surface area contributed by atoms with Crippen LogP contribution < -0.4 is 19.1 Å². The number of aryl methyl sites for hydroxylation is 1. The molecule has 1 aromatic heterocycles. The lowest BCUT2D eigenvalue weighted by atomic mass is 9.94. The van der Waals surface area contributed by atoms with Crippen LogP contribution in [0.1, 0.15) is 71.2 Å². The second-order valence-corrected chi connectivity index (χ2v) is 11.9. The van der Waals surface area contributed by atoms with E-state index in [1.54, 1.807) is 43.3 Å². The number of hydrogen-bond donors (Lipinski definition) is 1. The van der Waals surface area contributed by atoms with Gasteiger partial charge >= 0.3 is 11.9 Å². The fourth-order valence-corrected chi connectivity index (χ4v) is 6.44. The molecule has 2 aromatic carbocycles. The maximum Gasteiger partial charge on any atom is 0.350 e. The highest BCUT2D eigenvalue weighted by atomic mass is 32.1. The van der Waals surface area contributed by atoms with E-state index in [-0.39, 0.29) is 34.1 Å². The molecular formula is C34H36N2O8S. The number of benzene rings is 2. The van der Waals surface area contributed by atoms with E-state index < -0.39 is 23.7 Å². The van der Waals surface area contributed by atoms with Gasteiger partial charge in [0, 0.05) is 12.0 Å². The number of aliphatic hydroxyl groups is 1. The second-order valence-electron chi connectivity index (χ2n) is 10.9. The van der Waals surface area contributed by atoms with Gasteiger partial charge in [0.1, 0.15) is 29.1 Å². The van der Waals surface area contributed by atoms with Crippen LogP contribution in [0, 0.1) is 6.92 Å². The minimum atomic E-state index is -1.08. The highest BCUT2D eigenvalue weighted by Gasteiger charge is 2.49. The van der Waals surface area contributed by atoms with Crippen molar-refractivity contribution in [3.8, 4) is 17.2 Å². The Morgan fingerprint density at radius 2 is 2.00 bits per heavy atom. The topological polar surface area (TPSA) is 124 Å². The molecule has 5 rings (SSSR count). The van der Waals surface area contributed by atoms with E-state index in [2.05, 4.69) is 18.5 Å². The van der Waals surface area contributed by atoms with E-state index in [4.69, 9.17) is 18.9 Å². The zero-order chi connectivity index (χ0) is 32.2. The predicted octanol–water partition coefficient (Wildman–Crippen LogP) is 6.32. The van der Waals surface area contributed by atoms with Gasteiger partial charge in [-0.25, -0.2) is 9.78 Å². The molecule has 236 valence electrons. The van der Waals surface area contributed by atoms with Gasteiger partial charge in [0.15, 0.2) is 16.6 Å². The summed E-state index contributed by atoms with van der Waals surface area (Å²) in [6.45, 7) is 9.76. The van der Waals surface area contributed by atoms with Crippen molar-refractivity contribution in [3.05, 3.63) is 81.9 Å². The second kappa shape index (κ2) is 13.6. The van der Waals surface area contributed by atoms with Crippen LogP contribution in [0.3, 0.4) is 0 Å². The number of fused-ring (bicyclic) bond motifs is 1. The summed E-state index contributed by atoms with van der Waals surface area (Å²) in [4.78, 5) is 46.1. The maximum atomic E-state index is 13.7. The summed E-state index contributed by atoms with van der Waals surface area (Å²) in [5.74, 6) is -1.10. The quantitative estimate of drug-likeness (QED) is 0.0610. The number of thiazole rings is 1. The minimum Gasteiger partial charge on any atom is -0.507 e. The molecule has 1 amide bonds. The van der Waals surface area contributed by atoms with Gasteiger partial charge in [-0.05, 0) is 61.7 Å². The highest BCUT2D eigenvalue weighted by Crippen LogP contribution is 2.46. The van der Waals surface area contributed by atoms with Gasteiger partial charge in [-0.2, -0.15) is 0 Å². The molecule has 11 heteroatoms. The Kier molecular flexibility index (Phi) is 9.57. The summed E-state index contributed by atoms with van der Waals surface area (Å²) in [5.41, 5.74) is 1.97. The number of carbonyl (C=O) groups excluding carboxylic acids is 3. The van der Waals surface area contributed by atoms with Crippen molar-refractivity contribution in [3.63, 3.8) is 0 Å². The Labute approximate surface area is 265 Å². The minimum absolute atomic E-state index is 0.00722. The van der Waals surface area contributed by atoms with Crippen LogP contribution >= 0.6 is 11.3 Å². The molecule has 1 N–H and O–H groups in total. The van der Waals surface area contributed by atoms with E-state index in [1.807, 2.05) is 6.92 Å². The van der Waals surface area contributed by atoms with Gasteiger partial charge in [0.25, 0.3) is 5.78 Å². The molecule has 45 heavy (non-hydrogen) atoms. The smallest absolute Gasteiger partial charge is 0.350 e. The van der Waals surface area contributed by atoms with Crippen molar-refractivity contribution in [2.45, 2.75) is 58.6 Å². The number of anilines is 1. The SMILES string of the molecule is C=CCOC(=O)c1sc(N2C(=O)C(=O)C(=C(O)c3ccc4c(c3)CC(C)O4)C2c2ccc(OCCCCC)c(OC)c2)nc1C. The van der Waals surface area contributed by atoms with Crippen molar-refractivity contribution in [2.24, 2.45) is 0 Å². The Morgan fingerprint density at radius 1 is 1.20 bits per heavy atom. The van der Waals surface area contributed by atoms with Crippen molar-refractivity contribution >= 4 is 39.9 Å². The number of ketones is 1. The lowest BCUT2D eigenvalue weighted by Crippen LogP contribution is -2.29. The number of hydrogen-bond acceptors (Lipinski definition) is 10. The molecule has 0 bridgehead atoms. The van der Waals surface area contributed by atoms with Gasteiger partial charge in [-0.1, -0.05) is 49.8 Å². The summed E-state index contributed by atoms with van der Waals surface area (Å²) < 4.78 is 22.6. The molecular weight excluding hydrogens is 596 g/mol. The van der Waals surface area contributed by atoms with Gasteiger partial charge in [-0.15, -0.1) is 0 Å². The van der Waals surface area contributed by atoms with Gasteiger partial charge in [-0.3, -0.25) is 14.5 Å². The summed E-state index contributed by atoms with van der Waals surface area (Å²) in [6.07, 6.45) is 5.04. The van der Waals surface area contributed by atoms with Crippen LogP contribution in [0.5, 0.6) is 17.2 Å². The molecule has 1 saturated heterocycles. The Bertz CT molecular complexity index is 1680. The molecule has 1 fully saturated rings. The molecule has 0 radical (unpaired) electrons. The number of ether oxygens (including phenoxy) is 4. The van der Waals surface area contributed by atoms with E-state index in [1.165, 1.54) is 18.1 Å². The molecule has 2 aliphatic rings. The number of unbranched alkanes of at least 4 members (excludes halogenated alkanes) is 2. The average molecular weight is 633 g/mol. The fourth-order valence-electron chi connectivity index (χ4n) is 5.45. The molecule has 2 atom stereocenters. The van der Waals surface area contributed by atoms with Gasteiger partial charge in [0.2, 0.25) is 0 Å². The predicted molar refractivity (Wildman–Crippen MR) is 170 cm³/mol. The van der Waals surface area contributed by atoms with E-state index in [9.17, 15) is 19.5 Å².